The highest BCUT2D eigenvalue weighted by atomic mass is 16.4. The molecule has 0 unspecified atom stereocenters. The molecule has 4 rings (SSSR count). The molecule has 0 amide bonds. The van der Waals surface area contributed by atoms with Crippen LogP contribution in [-0.2, 0) is 0 Å². The van der Waals surface area contributed by atoms with Crippen molar-refractivity contribution in [3.05, 3.63) is 78.9 Å². The molecule has 2 aromatic carbocycles. The number of rotatable bonds is 4. The Hall–Kier alpha value is -3.67. The van der Waals surface area contributed by atoms with Gasteiger partial charge in [0.05, 0.1) is 23.2 Å². The lowest BCUT2D eigenvalue weighted by atomic mass is 10.1. The van der Waals surface area contributed by atoms with Crippen molar-refractivity contribution in [3.63, 3.8) is 0 Å². The highest BCUT2D eigenvalue weighted by Gasteiger charge is 2.08. The first-order valence-electron chi connectivity index (χ1n) is 8.19. The third-order valence-corrected chi connectivity index (χ3v) is 4.18. The van der Waals surface area contributed by atoms with Crippen LogP contribution in [0, 0.1) is 0 Å². The normalized spacial score (nSPS) is 11.7. The number of oxime groups is 1. The van der Waals surface area contributed by atoms with Crippen LogP contribution in [0.2, 0.25) is 0 Å². The standard InChI is InChI=1S/C20H17N5O/c1-14(24-26)15-5-4-6-16(11-15)22-20-12-19(25-10-9-21-13-25)17-7-2-3-8-18(17)23-20/h2-13,26H,1H3,(H,22,23)/b24-14+. The number of benzene rings is 2. The van der Waals surface area contributed by atoms with Crippen molar-refractivity contribution in [2.45, 2.75) is 6.92 Å². The van der Waals surface area contributed by atoms with E-state index >= 15 is 0 Å². The smallest absolute Gasteiger partial charge is 0.133 e. The molecule has 0 bridgehead atoms. The highest BCUT2D eigenvalue weighted by molar-refractivity contribution is 5.99. The Morgan fingerprint density at radius 1 is 1.12 bits per heavy atom. The first-order chi connectivity index (χ1) is 12.7. The maximum Gasteiger partial charge on any atom is 0.133 e. The number of hydrogen-bond donors (Lipinski definition) is 2. The predicted molar refractivity (Wildman–Crippen MR) is 103 cm³/mol. The minimum Gasteiger partial charge on any atom is -0.411 e. The van der Waals surface area contributed by atoms with Gasteiger partial charge in [0.25, 0.3) is 0 Å². The molecule has 128 valence electrons. The Kier molecular flexibility index (Phi) is 4.07. The van der Waals surface area contributed by atoms with Crippen molar-refractivity contribution >= 4 is 28.1 Å². The Labute approximate surface area is 150 Å². The number of nitrogens with one attached hydrogen (secondary N) is 1. The Morgan fingerprint density at radius 3 is 2.81 bits per heavy atom. The summed E-state index contributed by atoms with van der Waals surface area (Å²) in [7, 11) is 0. The first kappa shape index (κ1) is 15.8. The summed E-state index contributed by atoms with van der Waals surface area (Å²) in [5, 5.41) is 16.6. The van der Waals surface area contributed by atoms with E-state index in [0.29, 0.717) is 5.71 Å². The van der Waals surface area contributed by atoms with Crippen LogP contribution in [0.25, 0.3) is 16.6 Å². The van der Waals surface area contributed by atoms with Gasteiger partial charge in [-0.2, -0.15) is 0 Å². The minimum absolute atomic E-state index is 0.555. The van der Waals surface area contributed by atoms with Crippen LogP contribution in [0.3, 0.4) is 0 Å². The molecule has 0 atom stereocenters. The van der Waals surface area contributed by atoms with Gasteiger partial charge in [-0.3, -0.25) is 0 Å². The lowest BCUT2D eigenvalue weighted by molar-refractivity contribution is 0.319. The summed E-state index contributed by atoms with van der Waals surface area (Å²) in [5.41, 5.74) is 4.16. The molecule has 0 spiro atoms. The SMILES string of the molecule is C/C(=N\O)c1cccc(Nc2cc(-n3ccnc3)c3ccccc3n2)c1. The molecule has 0 aliphatic carbocycles. The van der Waals surface area contributed by atoms with Crippen molar-refractivity contribution in [2.75, 3.05) is 5.32 Å². The van der Waals surface area contributed by atoms with E-state index in [1.807, 2.05) is 65.4 Å². The number of anilines is 2. The van der Waals surface area contributed by atoms with Gasteiger partial charge in [0.2, 0.25) is 0 Å². The molecule has 0 aliphatic rings. The summed E-state index contributed by atoms with van der Waals surface area (Å²) in [6, 6.07) is 17.7. The van der Waals surface area contributed by atoms with Crippen LogP contribution in [0.4, 0.5) is 11.5 Å². The Balaban J connectivity index is 1.78. The van der Waals surface area contributed by atoms with Gasteiger partial charge in [-0.15, -0.1) is 0 Å². The number of nitrogens with zero attached hydrogens (tertiary/aromatic N) is 4. The summed E-state index contributed by atoms with van der Waals surface area (Å²) in [5.74, 6) is 0.725. The fourth-order valence-electron chi connectivity index (χ4n) is 2.86. The summed E-state index contributed by atoms with van der Waals surface area (Å²) >= 11 is 0. The summed E-state index contributed by atoms with van der Waals surface area (Å²) in [6.07, 6.45) is 5.43. The van der Waals surface area contributed by atoms with Crippen molar-refractivity contribution in [3.8, 4) is 5.69 Å². The van der Waals surface area contributed by atoms with E-state index in [2.05, 4.69) is 15.5 Å². The lowest BCUT2D eigenvalue weighted by Gasteiger charge is -2.12. The predicted octanol–water partition coefficient (Wildman–Crippen LogP) is 4.36. The van der Waals surface area contributed by atoms with Crippen molar-refractivity contribution in [1.29, 1.82) is 0 Å². The van der Waals surface area contributed by atoms with E-state index in [1.165, 1.54) is 0 Å². The maximum atomic E-state index is 8.98. The van der Waals surface area contributed by atoms with Crippen LogP contribution in [0.5, 0.6) is 0 Å². The van der Waals surface area contributed by atoms with Gasteiger partial charge in [0, 0.05) is 35.1 Å². The molecular weight excluding hydrogens is 326 g/mol. The van der Waals surface area contributed by atoms with Gasteiger partial charge in [0.15, 0.2) is 0 Å². The average molecular weight is 343 g/mol. The largest absolute Gasteiger partial charge is 0.411 e. The Bertz CT molecular complexity index is 1090. The molecule has 6 nitrogen and oxygen atoms in total. The molecule has 26 heavy (non-hydrogen) atoms. The lowest BCUT2D eigenvalue weighted by Crippen LogP contribution is -2.00. The van der Waals surface area contributed by atoms with Crippen LogP contribution in [-0.4, -0.2) is 25.5 Å². The number of para-hydroxylation sites is 1. The van der Waals surface area contributed by atoms with Gasteiger partial charge < -0.3 is 15.1 Å². The zero-order chi connectivity index (χ0) is 17.9. The first-order valence-corrected chi connectivity index (χ1v) is 8.19. The topological polar surface area (TPSA) is 75.3 Å². The second-order valence-corrected chi connectivity index (χ2v) is 5.90. The van der Waals surface area contributed by atoms with Crippen molar-refractivity contribution in [2.24, 2.45) is 5.16 Å². The zero-order valence-electron chi connectivity index (χ0n) is 14.2. The second kappa shape index (κ2) is 6.68. The summed E-state index contributed by atoms with van der Waals surface area (Å²) < 4.78 is 1.97. The molecule has 2 N–H and O–H groups in total. The van der Waals surface area contributed by atoms with E-state index < -0.39 is 0 Å². The third-order valence-electron chi connectivity index (χ3n) is 4.18. The quantitative estimate of drug-likeness (QED) is 0.328. The molecule has 6 heteroatoms. The van der Waals surface area contributed by atoms with Crippen LogP contribution in [0.15, 0.2) is 78.5 Å². The van der Waals surface area contributed by atoms with Crippen molar-refractivity contribution < 1.29 is 5.21 Å². The van der Waals surface area contributed by atoms with Crippen molar-refractivity contribution in [1.82, 2.24) is 14.5 Å². The van der Waals surface area contributed by atoms with Crippen LogP contribution < -0.4 is 5.32 Å². The molecule has 0 radical (unpaired) electrons. The number of imidazole rings is 1. The number of hydrogen-bond acceptors (Lipinski definition) is 5. The van der Waals surface area contributed by atoms with E-state index in [-0.39, 0.29) is 0 Å². The van der Waals surface area contributed by atoms with Gasteiger partial charge in [0.1, 0.15) is 5.82 Å². The molecule has 4 aromatic rings. The van der Waals surface area contributed by atoms with E-state index in [1.54, 1.807) is 19.4 Å². The fourth-order valence-corrected chi connectivity index (χ4v) is 2.86. The van der Waals surface area contributed by atoms with Crippen LogP contribution >= 0.6 is 0 Å². The average Bonchev–Trinajstić information content (AvgIpc) is 3.21. The number of fused-ring (bicyclic) bond motifs is 1. The van der Waals surface area contributed by atoms with E-state index in [0.717, 1.165) is 33.7 Å². The Morgan fingerprint density at radius 2 is 2.00 bits per heavy atom. The third kappa shape index (κ3) is 3.00. The van der Waals surface area contributed by atoms with Gasteiger partial charge in [-0.05, 0) is 25.1 Å². The van der Waals surface area contributed by atoms with Gasteiger partial charge in [-0.25, -0.2) is 9.97 Å². The molecule has 0 saturated carbocycles. The number of aromatic nitrogens is 3. The van der Waals surface area contributed by atoms with Gasteiger partial charge in [-0.1, -0.05) is 35.5 Å². The molecule has 0 saturated heterocycles. The molecule has 0 fully saturated rings. The molecule has 2 heterocycles. The monoisotopic (exact) mass is 343 g/mol. The molecule has 0 aliphatic heterocycles. The molecule has 2 aromatic heterocycles. The van der Waals surface area contributed by atoms with E-state index in [9.17, 15) is 0 Å². The van der Waals surface area contributed by atoms with Crippen LogP contribution in [0.1, 0.15) is 12.5 Å². The summed E-state index contributed by atoms with van der Waals surface area (Å²) in [4.78, 5) is 8.86. The summed E-state index contributed by atoms with van der Waals surface area (Å²) in [6.45, 7) is 1.75. The maximum absolute atomic E-state index is 8.98. The highest BCUT2D eigenvalue weighted by Crippen LogP contribution is 2.26. The fraction of sp³-hybridized carbons (Fsp3) is 0.0500. The van der Waals surface area contributed by atoms with Gasteiger partial charge >= 0.3 is 0 Å². The minimum atomic E-state index is 0.555. The zero-order valence-corrected chi connectivity index (χ0v) is 14.2. The second-order valence-electron chi connectivity index (χ2n) is 5.90. The number of pyridine rings is 1. The van der Waals surface area contributed by atoms with E-state index in [4.69, 9.17) is 10.2 Å². The molecular formula is C20H17N5O.